The van der Waals surface area contributed by atoms with Crippen LogP contribution in [0.4, 0.5) is 5.69 Å². The Bertz CT molecular complexity index is 1090. The Labute approximate surface area is 181 Å². The number of benzene rings is 2. The lowest BCUT2D eigenvalue weighted by molar-refractivity contribution is -0.384. The molecule has 162 valence electrons. The van der Waals surface area contributed by atoms with Gasteiger partial charge in [0.2, 0.25) is 0 Å². The Morgan fingerprint density at radius 1 is 1.10 bits per heavy atom. The maximum atomic E-state index is 12.8. The van der Waals surface area contributed by atoms with Gasteiger partial charge >= 0.3 is 0 Å². The van der Waals surface area contributed by atoms with Gasteiger partial charge in [-0.15, -0.1) is 0 Å². The van der Waals surface area contributed by atoms with Crippen LogP contribution >= 0.6 is 0 Å². The van der Waals surface area contributed by atoms with Gasteiger partial charge < -0.3 is 15.2 Å². The number of nitrogens with zero attached hydrogens (tertiary/aromatic N) is 3. The quantitative estimate of drug-likeness (QED) is 0.451. The molecule has 0 spiro atoms. The van der Waals surface area contributed by atoms with Gasteiger partial charge in [-0.05, 0) is 23.7 Å². The minimum Gasteiger partial charge on any atom is -0.360 e. The molecular formula is C23H27N5O3. The molecule has 1 amide bonds. The van der Waals surface area contributed by atoms with E-state index in [1.54, 1.807) is 12.3 Å². The average Bonchev–Trinajstić information content (AvgIpc) is 3.22. The molecular weight excluding hydrogens is 394 g/mol. The Morgan fingerprint density at radius 2 is 1.81 bits per heavy atom. The number of piperazine rings is 1. The minimum atomic E-state index is -0.454. The number of aromatic nitrogens is 1. The van der Waals surface area contributed by atoms with Gasteiger partial charge in [-0.25, -0.2) is 0 Å². The lowest BCUT2D eigenvalue weighted by Crippen LogP contribution is -2.45. The maximum absolute atomic E-state index is 12.8. The Kier molecular flexibility index (Phi) is 6.29. The van der Waals surface area contributed by atoms with Gasteiger partial charge in [0.1, 0.15) is 0 Å². The van der Waals surface area contributed by atoms with E-state index in [4.69, 9.17) is 0 Å². The van der Waals surface area contributed by atoms with Crippen LogP contribution in [0.1, 0.15) is 28.4 Å². The molecule has 2 heterocycles. The van der Waals surface area contributed by atoms with Crippen molar-refractivity contribution in [1.82, 2.24) is 20.1 Å². The SMILES string of the molecule is CCN1CCN(Cc2ccccc2CNC(=O)c2c[nH]c3ccc([N+](=O)[O-])cc23)CC1. The van der Waals surface area contributed by atoms with Crippen LogP contribution in [0.5, 0.6) is 0 Å². The number of hydrogen-bond donors (Lipinski definition) is 2. The molecule has 1 aliphatic heterocycles. The van der Waals surface area contributed by atoms with Crippen molar-refractivity contribution in [3.05, 3.63) is 75.5 Å². The van der Waals surface area contributed by atoms with Gasteiger partial charge in [-0.2, -0.15) is 0 Å². The van der Waals surface area contributed by atoms with Crippen molar-refractivity contribution in [1.29, 1.82) is 0 Å². The summed E-state index contributed by atoms with van der Waals surface area (Å²) in [6.45, 7) is 8.82. The zero-order chi connectivity index (χ0) is 21.8. The highest BCUT2D eigenvalue weighted by atomic mass is 16.6. The Balaban J connectivity index is 1.44. The average molecular weight is 422 g/mol. The largest absolute Gasteiger partial charge is 0.360 e. The van der Waals surface area contributed by atoms with Gasteiger partial charge in [-0.1, -0.05) is 31.2 Å². The predicted molar refractivity (Wildman–Crippen MR) is 120 cm³/mol. The lowest BCUT2D eigenvalue weighted by atomic mass is 10.1. The molecule has 1 saturated heterocycles. The zero-order valence-electron chi connectivity index (χ0n) is 17.6. The number of fused-ring (bicyclic) bond motifs is 1. The monoisotopic (exact) mass is 421 g/mol. The number of amides is 1. The van der Waals surface area contributed by atoms with Crippen molar-refractivity contribution in [2.45, 2.75) is 20.0 Å². The number of H-pyrrole nitrogens is 1. The third-order valence-electron chi connectivity index (χ3n) is 5.98. The number of aromatic amines is 1. The van der Waals surface area contributed by atoms with Crippen LogP contribution in [-0.2, 0) is 13.1 Å². The number of carbonyl (C=O) groups excluding carboxylic acids is 1. The number of nitro benzene ring substituents is 1. The summed E-state index contributed by atoms with van der Waals surface area (Å²) in [5.74, 6) is -0.252. The van der Waals surface area contributed by atoms with Gasteiger partial charge in [0.15, 0.2) is 0 Å². The molecule has 0 radical (unpaired) electrons. The summed E-state index contributed by atoms with van der Waals surface area (Å²) >= 11 is 0. The van der Waals surface area contributed by atoms with Crippen LogP contribution in [-0.4, -0.2) is 58.3 Å². The summed E-state index contributed by atoms with van der Waals surface area (Å²) < 4.78 is 0. The summed E-state index contributed by atoms with van der Waals surface area (Å²) in [4.78, 5) is 31.4. The minimum absolute atomic E-state index is 0.0327. The number of hydrogen-bond acceptors (Lipinski definition) is 5. The maximum Gasteiger partial charge on any atom is 0.270 e. The van der Waals surface area contributed by atoms with Crippen LogP contribution in [0.2, 0.25) is 0 Å². The molecule has 0 unspecified atom stereocenters. The van der Waals surface area contributed by atoms with Crippen LogP contribution in [0.15, 0.2) is 48.7 Å². The normalized spacial score (nSPS) is 15.3. The number of non-ortho nitro benzene ring substituents is 1. The van der Waals surface area contributed by atoms with E-state index in [2.05, 4.69) is 33.1 Å². The molecule has 4 rings (SSSR count). The predicted octanol–water partition coefficient (Wildman–Crippen LogP) is 3.14. The highest BCUT2D eigenvalue weighted by molar-refractivity contribution is 6.07. The standard InChI is InChI=1S/C23H27N5O3/c1-2-26-9-11-27(12-10-26)16-18-6-4-3-5-17(18)14-25-23(29)21-15-24-22-8-7-19(28(30)31)13-20(21)22/h3-8,13,15,24H,2,9-12,14,16H2,1H3,(H,25,29). The van der Waals surface area contributed by atoms with Gasteiger partial charge in [0.25, 0.3) is 11.6 Å². The van der Waals surface area contributed by atoms with E-state index in [-0.39, 0.29) is 11.6 Å². The van der Waals surface area contributed by atoms with Crippen molar-refractivity contribution in [2.75, 3.05) is 32.7 Å². The molecule has 8 heteroatoms. The molecule has 0 bridgehead atoms. The molecule has 31 heavy (non-hydrogen) atoms. The number of likely N-dealkylation sites (N-methyl/N-ethyl adjacent to an activating group) is 1. The zero-order valence-corrected chi connectivity index (χ0v) is 17.6. The lowest BCUT2D eigenvalue weighted by Gasteiger charge is -2.34. The topological polar surface area (TPSA) is 94.5 Å². The van der Waals surface area contributed by atoms with Crippen LogP contribution in [0, 0.1) is 10.1 Å². The van der Waals surface area contributed by atoms with E-state index < -0.39 is 4.92 Å². The van der Waals surface area contributed by atoms with Crippen molar-refractivity contribution in [3.63, 3.8) is 0 Å². The van der Waals surface area contributed by atoms with Crippen LogP contribution in [0.3, 0.4) is 0 Å². The molecule has 2 N–H and O–H groups in total. The van der Waals surface area contributed by atoms with Gasteiger partial charge in [-0.3, -0.25) is 19.8 Å². The smallest absolute Gasteiger partial charge is 0.270 e. The Hall–Kier alpha value is -3.23. The Morgan fingerprint density at radius 3 is 2.52 bits per heavy atom. The molecule has 1 aliphatic rings. The highest BCUT2D eigenvalue weighted by Crippen LogP contribution is 2.24. The van der Waals surface area contributed by atoms with E-state index in [0.29, 0.717) is 23.0 Å². The highest BCUT2D eigenvalue weighted by Gasteiger charge is 2.18. The fourth-order valence-corrected chi connectivity index (χ4v) is 4.07. The number of nitro groups is 1. The molecule has 1 fully saturated rings. The van der Waals surface area contributed by atoms with Crippen molar-refractivity contribution in [3.8, 4) is 0 Å². The first-order valence-corrected chi connectivity index (χ1v) is 10.6. The summed E-state index contributed by atoms with van der Waals surface area (Å²) in [5.41, 5.74) is 3.37. The molecule has 3 aromatic rings. The summed E-state index contributed by atoms with van der Waals surface area (Å²) in [5, 5.41) is 14.6. The number of rotatable bonds is 7. The fraction of sp³-hybridized carbons (Fsp3) is 0.348. The molecule has 1 aromatic heterocycles. The second kappa shape index (κ2) is 9.28. The van der Waals surface area contributed by atoms with Gasteiger partial charge in [0.05, 0.1) is 10.5 Å². The second-order valence-electron chi connectivity index (χ2n) is 7.85. The van der Waals surface area contributed by atoms with E-state index >= 15 is 0 Å². The summed E-state index contributed by atoms with van der Waals surface area (Å²) in [6, 6.07) is 12.6. The molecule has 0 atom stereocenters. The number of carbonyl (C=O) groups is 1. The van der Waals surface area contributed by atoms with Crippen LogP contribution < -0.4 is 5.32 Å². The fourth-order valence-electron chi connectivity index (χ4n) is 4.07. The third kappa shape index (κ3) is 4.76. The number of nitrogens with one attached hydrogen (secondary N) is 2. The van der Waals surface area contributed by atoms with E-state index in [0.717, 1.165) is 44.8 Å². The molecule has 0 aliphatic carbocycles. The first-order chi connectivity index (χ1) is 15.0. The first-order valence-electron chi connectivity index (χ1n) is 10.6. The second-order valence-corrected chi connectivity index (χ2v) is 7.85. The summed E-state index contributed by atoms with van der Waals surface area (Å²) in [6.07, 6.45) is 1.60. The van der Waals surface area contributed by atoms with E-state index in [1.807, 2.05) is 18.2 Å². The van der Waals surface area contributed by atoms with E-state index in [1.165, 1.54) is 17.7 Å². The van der Waals surface area contributed by atoms with Crippen LogP contribution in [0.25, 0.3) is 10.9 Å². The molecule has 2 aromatic carbocycles. The molecule has 8 nitrogen and oxygen atoms in total. The van der Waals surface area contributed by atoms with Crippen molar-refractivity contribution >= 4 is 22.5 Å². The van der Waals surface area contributed by atoms with Crippen molar-refractivity contribution < 1.29 is 9.72 Å². The summed E-state index contributed by atoms with van der Waals surface area (Å²) in [7, 11) is 0. The first kappa shape index (κ1) is 21.0. The van der Waals surface area contributed by atoms with E-state index in [9.17, 15) is 14.9 Å². The molecule has 0 saturated carbocycles. The van der Waals surface area contributed by atoms with Gasteiger partial charge in [0, 0.05) is 68.5 Å². The third-order valence-corrected chi connectivity index (χ3v) is 5.98. The van der Waals surface area contributed by atoms with Crippen molar-refractivity contribution in [2.24, 2.45) is 0 Å².